The van der Waals surface area contributed by atoms with Crippen LogP contribution in [0.3, 0.4) is 0 Å². The minimum Gasteiger partial charge on any atom is -0.347 e. The molecule has 5 heteroatoms. The molecule has 1 amide bonds. The normalized spacial score (nSPS) is 26.5. The number of H-pyrrole nitrogens is 1. The highest BCUT2D eigenvalue weighted by Gasteiger charge is 2.30. The van der Waals surface area contributed by atoms with Gasteiger partial charge in [0.1, 0.15) is 0 Å². The Kier molecular flexibility index (Phi) is 4.29. The summed E-state index contributed by atoms with van der Waals surface area (Å²) in [7, 11) is 0. The van der Waals surface area contributed by atoms with E-state index >= 15 is 0 Å². The smallest absolute Gasteiger partial charge is 0.240 e. The van der Waals surface area contributed by atoms with Crippen molar-refractivity contribution >= 4 is 5.91 Å². The number of nitrogens with one attached hydrogen (secondary N) is 2. The maximum absolute atomic E-state index is 12.7. The molecule has 1 saturated heterocycles. The Morgan fingerprint density at radius 1 is 1.38 bits per heavy atom. The van der Waals surface area contributed by atoms with E-state index in [-0.39, 0.29) is 11.9 Å². The molecule has 0 bridgehead atoms. The minimum absolute atomic E-state index is 0.101. The first-order valence-corrected chi connectivity index (χ1v) is 8.18. The third kappa shape index (κ3) is 3.12. The van der Waals surface area contributed by atoms with Gasteiger partial charge in [-0.2, -0.15) is 0 Å². The van der Waals surface area contributed by atoms with E-state index in [0.717, 1.165) is 49.2 Å². The zero-order valence-electron chi connectivity index (χ0n) is 13.1. The van der Waals surface area contributed by atoms with Gasteiger partial charge in [0.05, 0.1) is 23.8 Å². The van der Waals surface area contributed by atoms with Crippen LogP contribution in [0.2, 0.25) is 0 Å². The second-order valence-electron chi connectivity index (χ2n) is 6.73. The Hall–Kier alpha value is -1.36. The molecular formula is C16H26N4O. The summed E-state index contributed by atoms with van der Waals surface area (Å²) in [5.74, 6) is 1.74. The molecule has 2 atom stereocenters. The predicted octanol–water partition coefficient (Wildman–Crippen LogP) is 1.71. The van der Waals surface area contributed by atoms with E-state index in [1.807, 2.05) is 0 Å². The molecule has 116 valence electrons. The molecule has 0 saturated carbocycles. The lowest BCUT2D eigenvalue weighted by molar-refractivity contribution is -0.133. The molecule has 3 rings (SSSR count). The molecule has 1 aromatic heterocycles. The maximum atomic E-state index is 12.7. The average molecular weight is 290 g/mol. The SMILES string of the molecule is CC(C)C1CCCN(C(=O)C2Cc3nc[nH]c3CN2)CC1. The van der Waals surface area contributed by atoms with Gasteiger partial charge in [0, 0.05) is 26.1 Å². The van der Waals surface area contributed by atoms with Crippen LogP contribution in [0.15, 0.2) is 6.33 Å². The zero-order valence-corrected chi connectivity index (χ0v) is 13.1. The fraction of sp³-hybridized carbons (Fsp3) is 0.750. The number of carbonyl (C=O) groups is 1. The van der Waals surface area contributed by atoms with E-state index in [1.54, 1.807) is 6.33 Å². The maximum Gasteiger partial charge on any atom is 0.240 e. The third-order valence-electron chi connectivity index (χ3n) is 5.06. The molecule has 2 aliphatic rings. The van der Waals surface area contributed by atoms with Crippen LogP contribution in [-0.2, 0) is 17.8 Å². The molecule has 2 N–H and O–H groups in total. The molecule has 1 aromatic rings. The van der Waals surface area contributed by atoms with Gasteiger partial charge in [-0.05, 0) is 31.1 Å². The van der Waals surface area contributed by atoms with E-state index in [4.69, 9.17) is 0 Å². The fourth-order valence-electron chi connectivity index (χ4n) is 3.57. The molecule has 0 aromatic carbocycles. The first-order chi connectivity index (χ1) is 10.1. The number of nitrogens with zero attached hydrogens (tertiary/aromatic N) is 2. The number of fused-ring (bicyclic) bond motifs is 1. The Balaban J connectivity index is 1.61. The highest BCUT2D eigenvalue weighted by molar-refractivity contribution is 5.82. The Morgan fingerprint density at radius 3 is 3.05 bits per heavy atom. The third-order valence-corrected chi connectivity index (χ3v) is 5.06. The van der Waals surface area contributed by atoms with E-state index in [9.17, 15) is 4.79 Å². The Morgan fingerprint density at radius 2 is 2.24 bits per heavy atom. The number of imidazole rings is 1. The van der Waals surface area contributed by atoms with Crippen molar-refractivity contribution < 1.29 is 4.79 Å². The van der Waals surface area contributed by atoms with Crippen molar-refractivity contribution in [2.75, 3.05) is 13.1 Å². The molecule has 2 aliphatic heterocycles. The summed E-state index contributed by atoms with van der Waals surface area (Å²) in [4.78, 5) is 22.3. The summed E-state index contributed by atoms with van der Waals surface area (Å²) in [5, 5.41) is 3.35. The average Bonchev–Trinajstić information content (AvgIpc) is 2.80. The second kappa shape index (κ2) is 6.18. The lowest BCUT2D eigenvalue weighted by Gasteiger charge is -2.29. The predicted molar refractivity (Wildman–Crippen MR) is 81.7 cm³/mol. The van der Waals surface area contributed by atoms with Gasteiger partial charge < -0.3 is 9.88 Å². The van der Waals surface area contributed by atoms with Gasteiger partial charge in [-0.3, -0.25) is 10.1 Å². The molecule has 21 heavy (non-hydrogen) atoms. The summed E-state index contributed by atoms with van der Waals surface area (Å²) in [5.41, 5.74) is 2.16. The number of hydrogen-bond acceptors (Lipinski definition) is 3. The molecule has 0 aliphatic carbocycles. The van der Waals surface area contributed by atoms with E-state index < -0.39 is 0 Å². The molecule has 1 fully saturated rings. The molecule has 3 heterocycles. The van der Waals surface area contributed by atoms with Crippen molar-refractivity contribution in [1.82, 2.24) is 20.2 Å². The van der Waals surface area contributed by atoms with Crippen LogP contribution in [0.1, 0.15) is 44.5 Å². The van der Waals surface area contributed by atoms with Crippen LogP contribution in [0.25, 0.3) is 0 Å². The van der Waals surface area contributed by atoms with Gasteiger partial charge in [-0.15, -0.1) is 0 Å². The monoisotopic (exact) mass is 290 g/mol. The highest BCUT2D eigenvalue weighted by atomic mass is 16.2. The van der Waals surface area contributed by atoms with Crippen molar-refractivity contribution in [3.63, 3.8) is 0 Å². The van der Waals surface area contributed by atoms with Crippen molar-refractivity contribution in [3.8, 4) is 0 Å². The van der Waals surface area contributed by atoms with Crippen LogP contribution in [-0.4, -0.2) is 39.9 Å². The van der Waals surface area contributed by atoms with E-state index in [1.165, 1.54) is 6.42 Å². The van der Waals surface area contributed by atoms with E-state index in [2.05, 4.69) is 34.0 Å². The van der Waals surface area contributed by atoms with E-state index in [0.29, 0.717) is 13.0 Å². The van der Waals surface area contributed by atoms with Gasteiger partial charge in [0.25, 0.3) is 0 Å². The number of rotatable bonds is 2. The van der Waals surface area contributed by atoms with Crippen LogP contribution < -0.4 is 5.32 Å². The summed E-state index contributed by atoms with van der Waals surface area (Å²) in [6, 6.07) is -0.101. The zero-order chi connectivity index (χ0) is 14.8. The Bertz CT molecular complexity index is 496. The number of aromatic amines is 1. The minimum atomic E-state index is -0.101. The topological polar surface area (TPSA) is 61.0 Å². The van der Waals surface area contributed by atoms with Crippen LogP contribution in [0, 0.1) is 11.8 Å². The fourth-order valence-corrected chi connectivity index (χ4v) is 3.57. The lowest BCUT2D eigenvalue weighted by atomic mass is 9.89. The number of likely N-dealkylation sites (tertiary alicyclic amines) is 1. The second-order valence-corrected chi connectivity index (χ2v) is 6.73. The van der Waals surface area contributed by atoms with Crippen molar-refractivity contribution in [3.05, 3.63) is 17.7 Å². The molecule has 0 spiro atoms. The summed E-state index contributed by atoms with van der Waals surface area (Å²) in [6.45, 7) is 7.13. The largest absolute Gasteiger partial charge is 0.347 e. The van der Waals surface area contributed by atoms with Crippen LogP contribution in [0.4, 0.5) is 0 Å². The Labute approximate surface area is 126 Å². The van der Waals surface area contributed by atoms with Gasteiger partial charge in [-0.25, -0.2) is 4.98 Å². The van der Waals surface area contributed by atoms with Gasteiger partial charge in [0.15, 0.2) is 0 Å². The first-order valence-electron chi connectivity index (χ1n) is 8.18. The number of carbonyl (C=O) groups excluding carboxylic acids is 1. The first kappa shape index (κ1) is 14.6. The quantitative estimate of drug-likeness (QED) is 0.871. The molecule has 5 nitrogen and oxygen atoms in total. The standard InChI is InChI=1S/C16H26N4O/c1-11(2)12-4-3-6-20(7-5-12)16(21)14-8-13-15(9-17-14)19-10-18-13/h10-12,14,17H,3-9H2,1-2H3,(H,18,19). The number of amides is 1. The number of aromatic nitrogens is 2. The molecule has 0 radical (unpaired) electrons. The summed E-state index contributed by atoms with van der Waals surface area (Å²) >= 11 is 0. The highest BCUT2D eigenvalue weighted by Crippen LogP contribution is 2.25. The lowest BCUT2D eigenvalue weighted by Crippen LogP contribution is -2.49. The number of hydrogen-bond donors (Lipinski definition) is 2. The van der Waals surface area contributed by atoms with Crippen LogP contribution in [0.5, 0.6) is 0 Å². The molecular weight excluding hydrogens is 264 g/mol. The van der Waals surface area contributed by atoms with Crippen molar-refractivity contribution in [2.24, 2.45) is 11.8 Å². The van der Waals surface area contributed by atoms with Gasteiger partial charge >= 0.3 is 0 Å². The van der Waals surface area contributed by atoms with Gasteiger partial charge in [-0.1, -0.05) is 13.8 Å². The van der Waals surface area contributed by atoms with Crippen LogP contribution >= 0.6 is 0 Å². The van der Waals surface area contributed by atoms with Gasteiger partial charge in [0.2, 0.25) is 5.91 Å². The summed E-state index contributed by atoms with van der Waals surface area (Å²) in [6.07, 6.45) is 5.96. The van der Waals surface area contributed by atoms with Crippen molar-refractivity contribution in [2.45, 2.75) is 52.1 Å². The molecule has 2 unspecified atom stereocenters. The van der Waals surface area contributed by atoms with Crippen molar-refractivity contribution in [1.29, 1.82) is 0 Å². The summed E-state index contributed by atoms with van der Waals surface area (Å²) < 4.78 is 0.